The van der Waals surface area contributed by atoms with Crippen molar-refractivity contribution in [1.82, 2.24) is 4.98 Å². The minimum atomic E-state index is -0.512. The lowest BCUT2D eigenvalue weighted by Crippen LogP contribution is -2.20. The van der Waals surface area contributed by atoms with Gasteiger partial charge in [-0.05, 0) is 30.3 Å². The Hall–Kier alpha value is -1.95. The highest BCUT2D eigenvalue weighted by Crippen LogP contribution is 2.19. The number of benzene rings is 1. The summed E-state index contributed by atoms with van der Waals surface area (Å²) in [5, 5.41) is 4.98. The van der Waals surface area contributed by atoms with E-state index < -0.39 is 11.8 Å². The lowest BCUT2D eigenvalue weighted by molar-refractivity contribution is 0.262. The highest BCUT2D eigenvalue weighted by atomic mass is 79.9. The Labute approximate surface area is 111 Å². The number of anilines is 2. The first-order valence-electron chi connectivity index (χ1n) is 5.08. The van der Waals surface area contributed by atoms with Crippen molar-refractivity contribution in [3.05, 3.63) is 53.0 Å². The van der Waals surface area contributed by atoms with Crippen molar-refractivity contribution in [2.45, 2.75) is 0 Å². The predicted octanol–water partition coefficient (Wildman–Crippen LogP) is 3.63. The maximum Gasteiger partial charge on any atom is 0.323 e. The fourth-order valence-electron chi connectivity index (χ4n) is 1.31. The SMILES string of the molecule is O=C(Nc1ccncc1)Nc1ccc(Br)cc1F. The molecule has 1 aromatic heterocycles. The molecular weight excluding hydrogens is 301 g/mol. The molecule has 2 N–H and O–H groups in total. The minimum Gasteiger partial charge on any atom is -0.308 e. The number of nitrogens with one attached hydrogen (secondary N) is 2. The van der Waals surface area contributed by atoms with Gasteiger partial charge in [-0.15, -0.1) is 0 Å². The number of carbonyl (C=O) groups is 1. The standard InChI is InChI=1S/C12H9BrFN3O/c13-8-1-2-11(10(14)7-8)17-12(18)16-9-3-5-15-6-4-9/h1-7H,(H2,15,16,17,18). The molecule has 1 aromatic carbocycles. The van der Waals surface area contributed by atoms with Gasteiger partial charge in [-0.3, -0.25) is 4.98 Å². The number of pyridine rings is 1. The Morgan fingerprint density at radius 2 is 1.89 bits per heavy atom. The van der Waals surface area contributed by atoms with Gasteiger partial charge < -0.3 is 10.6 Å². The molecule has 0 radical (unpaired) electrons. The van der Waals surface area contributed by atoms with Gasteiger partial charge >= 0.3 is 6.03 Å². The van der Waals surface area contributed by atoms with E-state index in [2.05, 4.69) is 31.5 Å². The van der Waals surface area contributed by atoms with E-state index >= 15 is 0 Å². The summed E-state index contributed by atoms with van der Waals surface area (Å²) in [7, 11) is 0. The van der Waals surface area contributed by atoms with E-state index in [1.807, 2.05) is 0 Å². The summed E-state index contributed by atoms with van der Waals surface area (Å²) in [5.41, 5.74) is 0.699. The van der Waals surface area contributed by atoms with Crippen LogP contribution in [-0.4, -0.2) is 11.0 Å². The Bertz CT molecular complexity index is 563. The largest absolute Gasteiger partial charge is 0.323 e. The normalized spacial score (nSPS) is 9.89. The summed E-state index contributed by atoms with van der Waals surface area (Å²) in [4.78, 5) is 15.4. The molecule has 92 valence electrons. The second-order valence-electron chi connectivity index (χ2n) is 3.44. The van der Waals surface area contributed by atoms with Gasteiger partial charge in [0.2, 0.25) is 0 Å². The maximum absolute atomic E-state index is 13.5. The molecule has 0 atom stereocenters. The summed E-state index contributed by atoms with van der Waals surface area (Å²) in [6.45, 7) is 0. The fraction of sp³-hybridized carbons (Fsp3) is 0. The van der Waals surface area contributed by atoms with Gasteiger partial charge in [0.15, 0.2) is 0 Å². The van der Waals surface area contributed by atoms with E-state index in [1.165, 1.54) is 12.1 Å². The molecule has 6 heteroatoms. The van der Waals surface area contributed by atoms with Crippen LogP contribution in [0.3, 0.4) is 0 Å². The summed E-state index contributed by atoms with van der Waals surface area (Å²) >= 11 is 3.14. The average molecular weight is 310 g/mol. The zero-order chi connectivity index (χ0) is 13.0. The quantitative estimate of drug-likeness (QED) is 0.890. The van der Waals surface area contributed by atoms with Crippen LogP contribution in [0.4, 0.5) is 20.6 Å². The first kappa shape index (κ1) is 12.5. The third-order valence-corrected chi connectivity index (χ3v) is 2.61. The van der Waals surface area contributed by atoms with Gasteiger partial charge in [0.05, 0.1) is 5.69 Å². The Kier molecular flexibility index (Phi) is 3.88. The number of nitrogens with zero attached hydrogens (tertiary/aromatic N) is 1. The second kappa shape index (κ2) is 5.59. The topological polar surface area (TPSA) is 54.0 Å². The van der Waals surface area contributed by atoms with Crippen LogP contribution < -0.4 is 10.6 Å². The average Bonchev–Trinajstić information content (AvgIpc) is 2.34. The van der Waals surface area contributed by atoms with Crippen molar-refractivity contribution >= 4 is 33.3 Å². The molecular formula is C12H9BrFN3O. The molecule has 0 unspecified atom stereocenters. The molecule has 0 aliphatic carbocycles. The summed E-state index contributed by atoms with van der Waals surface area (Å²) in [6.07, 6.45) is 3.10. The second-order valence-corrected chi connectivity index (χ2v) is 4.35. The van der Waals surface area contributed by atoms with Crippen molar-refractivity contribution in [2.75, 3.05) is 10.6 Å². The van der Waals surface area contributed by atoms with E-state index in [4.69, 9.17) is 0 Å². The zero-order valence-corrected chi connectivity index (χ0v) is 10.7. The molecule has 1 heterocycles. The van der Waals surface area contributed by atoms with E-state index in [0.717, 1.165) is 0 Å². The van der Waals surface area contributed by atoms with Crippen molar-refractivity contribution in [3.63, 3.8) is 0 Å². The lowest BCUT2D eigenvalue weighted by atomic mass is 10.3. The summed E-state index contributed by atoms with van der Waals surface area (Å²) in [5.74, 6) is -0.505. The maximum atomic E-state index is 13.5. The molecule has 2 aromatic rings. The fourth-order valence-corrected chi connectivity index (χ4v) is 1.64. The number of rotatable bonds is 2. The van der Waals surface area contributed by atoms with Crippen LogP contribution in [0.5, 0.6) is 0 Å². The smallest absolute Gasteiger partial charge is 0.308 e. The molecule has 18 heavy (non-hydrogen) atoms. The molecule has 0 aliphatic rings. The van der Waals surface area contributed by atoms with Gasteiger partial charge in [-0.25, -0.2) is 9.18 Å². The van der Waals surface area contributed by atoms with Crippen molar-refractivity contribution < 1.29 is 9.18 Å². The first-order valence-corrected chi connectivity index (χ1v) is 5.87. The number of amides is 2. The number of carbonyl (C=O) groups excluding carboxylic acids is 1. The number of hydrogen-bond acceptors (Lipinski definition) is 2. The van der Waals surface area contributed by atoms with Crippen LogP contribution in [0.1, 0.15) is 0 Å². The number of aromatic nitrogens is 1. The van der Waals surface area contributed by atoms with Crippen molar-refractivity contribution in [2.24, 2.45) is 0 Å². The molecule has 0 saturated heterocycles. The monoisotopic (exact) mass is 309 g/mol. The van der Waals surface area contributed by atoms with Crippen molar-refractivity contribution in [3.8, 4) is 0 Å². The first-order chi connectivity index (χ1) is 8.65. The van der Waals surface area contributed by atoms with Crippen LogP contribution >= 0.6 is 15.9 Å². The summed E-state index contributed by atoms with van der Waals surface area (Å²) < 4.78 is 14.1. The molecule has 0 bridgehead atoms. The van der Waals surface area contributed by atoms with E-state index in [9.17, 15) is 9.18 Å². The molecule has 0 saturated carbocycles. The molecule has 4 nitrogen and oxygen atoms in total. The van der Waals surface area contributed by atoms with Gasteiger partial charge in [-0.1, -0.05) is 15.9 Å². The van der Waals surface area contributed by atoms with E-state index in [0.29, 0.717) is 10.2 Å². The molecule has 0 spiro atoms. The molecule has 2 amide bonds. The molecule has 0 fully saturated rings. The van der Waals surface area contributed by atoms with Crippen LogP contribution in [0, 0.1) is 5.82 Å². The van der Waals surface area contributed by atoms with Crippen LogP contribution in [-0.2, 0) is 0 Å². The third kappa shape index (κ3) is 3.27. The Morgan fingerprint density at radius 3 is 2.56 bits per heavy atom. The third-order valence-electron chi connectivity index (χ3n) is 2.12. The number of halogens is 2. The Balaban J connectivity index is 2.03. The number of urea groups is 1. The van der Waals surface area contributed by atoms with Gasteiger partial charge in [0, 0.05) is 22.6 Å². The Morgan fingerprint density at radius 1 is 1.17 bits per heavy atom. The van der Waals surface area contributed by atoms with Crippen LogP contribution in [0.15, 0.2) is 47.2 Å². The zero-order valence-electron chi connectivity index (χ0n) is 9.15. The van der Waals surface area contributed by atoms with Gasteiger partial charge in [0.25, 0.3) is 0 Å². The van der Waals surface area contributed by atoms with Gasteiger partial charge in [0.1, 0.15) is 5.82 Å². The highest BCUT2D eigenvalue weighted by molar-refractivity contribution is 9.10. The van der Waals surface area contributed by atoms with Crippen molar-refractivity contribution in [1.29, 1.82) is 0 Å². The molecule has 2 rings (SSSR count). The predicted molar refractivity (Wildman–Crippen MR) is 71.0 cm³/mol. The van der Waals surface area contributed by atoms with E-state index in [1.54, 1.807) is 30.6 Å². The molecule has 0 aliphatic heterocycles. The number of hydrogen-bond donors (Lipinski definition) is 2. The highest BCUT2D eigenvalue weighted by Gasteiger charge is 2.07. The summed E-state index contributed by atoms with van der Waals surface area (Å²) in [6, 6.07) is 7.16. The minimum absolute atomic E-state index is 0.116. The lowest BCUT2D eigenvalue weighted by Gasteiger charge is -2.08. The van der Waals surface area contributed by atoms with Crippen LogP contribution in [0.25, 0.3) is 0 Å². The van der Waals surface area contributed by atoms with E-state index in [-0.39, 0.29) is 5.69 Å². The van der Waals surface area contributed by atoms with Crippen LogP contribution in [0.2, 0.25) is 0 Å². The van der Waals surface area contributed by atoms with Gasteiger partial charge in [-0.2, -0.15) is 0 Å².